The van der Waals surface area contributed by atoms with Gasteiger partial charge < -0.3 is 14.6 Å². The molecule has 6 heteroatoms. The van der Waals surface area contributed by atoms with Gasteiger partial charge in [-0.1, -0.05) is 24.9 Å². The van der Waals surface area contributed by atoms with Gasteiger partial charge in [-0.05, 0) is 18.9 Å². The Bertz CT molecular complexity index is 541. The lowest BCUT2D eigenvalue weighted by Gasteiger charge is -2.24. The van der Waals surface area contributed by atoms with Crippen molar-refractivity contribution in [1.29, 1.82) is 0 Å². The number of amides is 1. The van der Waals surface area contributed by atoms with Crippen LogP contribution in [0.15, 0.2) is 12.3 Å². The van der Waals surface area contributed by atoms with Crippen molar-refractivity contribution >= 4 is 23.5 Å². The van der Waals surface area contributed by atoms with Gasteiger partial charge >= 0.3 is 5.97 Å². The summed E-state index contributed by atoms with van der Waals surface area (Å²) in [5, 5.41) is 9.97. The van der Waals surface area contributed by atoms with Crippen molar-refractivity contribution in [2.75, 3.05) is 13.1 Å². The van der Waals surface area contributed by atoms with Crippen molar-refractivity contribution in [3.63, 3.8) is 0 Å². The molecule has 1 atom stereocenters. The highest BCUT2D eigenvalue weighted by Crippen LogP contribution is 2.36. The molecule has 1 aliphatic heterocycles. The lowest BCUT2D eigenvalue weighted by atomic mass is 9.83. The molecule has 20 heavy (non-hydrogen) atoms. The Morgan fingerprint density at radius 1 is 1.50 bits per heavy atom. The first-order valence-electron chi connectivity index (χ1n) is 6.74. The summed E-state index contributed by atoms with van der Waals surface area (Å²) in [6.45, 7) is 2.72. The highest BCUT2D eigenvalue weighted by Gasteiger charge is 2.45. The van der Waals surface area contributed by atoms with E-state index in [0.717, 1.165) is 6.42 Å². The molecule has 1 fully saturated rings. The largest absolute Gasteiger partial charge is 0.481 e. The van der Waals surface area contributed by atoms with Crippen LogP contribution >= 0.6 is 11.6 Å². The van der Waals surface area contributed by atoms with Gasteiger partial charge in [0.15, 0.2) is 0 Å². The molecule has 1 N–H and O–H groups in total. The highest BCUT2D eigenvalue weighted by molar-refractivity contribution is 6.31. The number of carboxylic acids is 1. The van der Waals surface area contributed by atoms with E-state index in [-0.39, 0.29) is 12.5 Å². The number of hydrogen-bond donors (Lipinski definition) is 1. The predicted molar refractivity (Wildman–Crippen MR) is 75.9 cm³/mol. The molecule has 0 radical (unpaired) electrons. The second-order valence-corrected chi connectivity index (χ2v) is 5.90. The van der Waals surface area contributed by atoms with E-state index in [2.05, 4.69) is 0 Å². The van der Waals surface area contributed by atoms with Crippen LogP contribution in [0, 0.1) is 5.41 Å². The molecular formula is C14H19ClN2O3. The number of carbonyl (C=O) groups is 2. The summed E-state index contributed by atoms with van der Waals surface area (Å²) < 4.78 is 1.67. The molecule has 0 saturated carbocycles. The zero-order chi connectivity index (χ0) is 14.9. The fraction of sp³-hybridized carbons (Fsp3) is 0.571. The van der Waals surface area contributed by atoms with E-state index in [1.165, 1.54) is 0 Å². The van der Waals surface area contributed by atoms with E-state index in [1.807, 2.05) is 6.92 Å². The van der Waals surface area contributed by atoms with Crippen LogP contribution in [0.2, 0.25) is 5.02 Å². The van der Waals surface area contributed by atoms with Crippen LogP contribution in [0.5, 0.6) is 0 Å². The molecule has 1 aromatic heterocycles. The quantitative estimate of drug-likeness (QED) is 0.928. The van der Waals surface area contributed by atoms with Crippen molar-refractivity contribution < 1.29 is 14.7 Å². The number of aliphatic carboxylic acids is 1. The summed E-state index contributed by atoms with van der Waals surface area (Å²) in [5.74, 6) is -0.960. The van der Waals surface area contributed by atoms with Gasteiger partial charge in [0.1, 0.15) is 5.69 Å². The van der Waals surface area contributed by atoms with Gasteiger partial charge in [0.25, 0.3) is 5.91 Å². The average molecular weight is 299 g/mol. The van der Waals surface area contributed by atoms with Crippen LogP contribution in [0.25, 0.3) is 0 Å². The average Bonchev–Trinajstić information content (AvgIpc) is 2.94. The number of aromatic nitrogens is 1. The molecule has 2 rings (SSSR count). The van der Waals surface area contributed by atoms with Crippen LogP contribution in [-0.4, -0.2) is 39.5 Å². The molecule has 1 aliphatic rings. The number of halogens is 1. The van der Waals surface area contributed by atoms with Gasteiger partial charge in [-0.15, -0.1) is 0 Å². The molecule has 110 valence electrons. The van der Waals surface area contributed by atoms with Gasteiger partial charge in [0.2, 0.25) is 0 Å². The minimum atomic E-state index is -0.806. The number of nitrogens with zero attached hydrogens (tertiary/aromatic N) is 2. The summed E-state index contributed by atoms with van der Waals surface area (Å²) in [6.07, 6.45) is 3.58. The molecular weight excluding hydrogens is 280 g/mol. The van der Waals surface area contributed by atoms with Gasteiger partial charge in [0.05, 0.1) is 10.4 Å². The molecule has 1 saturated heterocycles. The maximum absolute atomic E-state index is 12.4. The Morgan fingerprint density at radius 3 is 2.70 bits per heavy atom. The summed E-state index contributed by atoms with van der Waals surface area (Å²) in [7, 11) is 1.76. The number of carbonyl (C=O) groups excluding carboxylic acids is 1. The number of rotatable bonds is 4. The number of likely N-dealkylation sites (tertiary alicyclic amines) is 1. The summed E-state index contributed by atoms with van der Waals surface area (Å²) in [5.41, 5.74) is -0.299. The summed E-state index contributed by atoms with van der Waals surface area (Å²) in [4.78, 5) is 25.6. The predicted octanol–water partition coefficient (Wildman–Crippen LogP) is 2.40. The third kappa shape index (κ3) is 2.54. The Hall–Kier alpha value is -1.49. The van der Waals surface area contributed by atoms with Crippen LogP contribution in [0.4, 0.5) is 0 Å². The van der Waals surface area contributed by atoms with Crippen molar-refractivity contribution in [1.82, 2.24) is 9.47 Å². The van der Waals surface area contributed by atoms with Gasteiger partial charge in [-0.2, -0.15) is 0 Å². The molecule has 0 aliphatic carbocycles. The molecule has 1 unspecified atom stereocenters. The molecule has 2 heterocycles. The molecule has 0 bridgehead atoms. The SMILES string of the molecule is CCCC1(C(=O)O)CCN(C(=O)c2cc(Cl)cn2C)C1. The second-order valence-electron chi connectivity index (χ2n) is 5.47. The fourth-order valence-corrected chi connectivity index (χ4v) is 3.16. The standard InChI is InChI=1S/C14H19ClN2O3/c1-3-4-14(13(19)20)5-6-17(9-14)12(18)11-7-10(15)8-16(11)2/h7-8H,3-6,9H2,1-2H3,(H,19,20). The Kier molecular flexibility index (Phi) is 4.09. The van der Waals surface area contributed by atoms with E-state index in [1.54, 1.807) is 28.8 Å². The van der Waals surface area contributed by atoms with Crippen LogP contribution in [0.1, 0.15) is 36.7 Å². The van der Waals surface area contributed by atoms with E-state index in [0.29, 0.717) is 30.1 Å². The first kappa shape index (κ1) is 14.9. The third-order valence-electron chi connectivity index (χ3n) is 4.01. The first-order valence-corrected chi connectivity index (χ1v) is 7.12. The van der Waals surface area contributed by atoms with Gasteiger partial charge in [-0.25, -0.2) is 0 Å². The smallest absolute Gasteiger partial charge is 0.311 e. The highest BCUT2D eigenvalue weighted by atomic mass is 35.5. The number of hydrogen-bond acceptors (Lipinski definition) is 2. The molecule has 0 spiro atoms. The van der Waals surface area contributed by atoms with Crippen LogP contribution < -0.4 is 0 Å². The Labute approximate surface area is 123 Å². The zero-order valence-electron chi connectivity index (χ0n) is 11.7. The molecule has 0 aromatic carbocycles. The van der Waals surface area contributed by atoms with Crippen molar-refractivity contribution in [2.45, 2.75) is 26.2 Å². The third-order valence-corrected chi connectivity index (χ3v) is 4.22. The van der Waals surface area contributed by atoms with E-state index < -0.39 is 11.4 Å². The number of carboxylic acid groups (broad SMARTS) is 1. The van der Waals surface area contributed by atoms with E-state index >= 15 is 0 Å². The Morgan fingerprint density at radius 2 is 2.20 bits per heavy atom. The minimum absolute atomic E-state index is 0.154. The lowest BCUT2D eigenvalue weighted by Crippen LogP contribution is -2.37. The first-order chi connectivity index (χ1) is 9.39. The van der Waals surface area contributed by atoms with Gasteiger partial charge in [0, 0.05) is 26.3 Å². The normalized spacial score (nSPS) is 22.2. The second kappa shape index (κ2) is 5.48. The Balaban J connectivity index is 2.18. The van der Waals surface area contributed by atoms with Crippen molar-refractivity contribution in [3.8, 4) is 0 Å². The van der Waals surface area contributed by atoms with E-state index in [9.17, 15) is 14.7 Å². The molecule has 5 nitrogen and oxygen atoms in total. The zero-order valence-corrected chi connectivity index (χ0v) is 12.5. The monoisotopic (exact) mass is 298 g/mol. The van der Waals surface area contributed by atoms with Crippen molar-refractivity contribution in [2.24, 2.45) is 12.5 Å². The molecule has 1 amide bonds. The topological polar surface area (TPSA) is 62.5 Å². The van der Waals surface area contributed by atoms with Crippen LogP contribution in [0.3, 0.4) is 0 Å². The number of aryl methyl sites for hydroxylation is 1. The minimum Gasteiger partial charge on any atom is -0.481 e. The maximum Gasteiger partial charge on any atom is 0.311 e. The molecule has 1 aromatic rings. The lowest BCUT2D eigenvalue weighted by molar-refractivity contribution is -0.148. The van der Waals surface area contributed by atoms with Gasteiger partial charge in [-0.3, -0.25) is 9.59 Å². The van der Waals surface area contributed by atoms with E-state index in [4.69, 9.17) is 11.6 Å². The summed E-state index contributed by atoms with van der Waals surface area (Å²) in [6, 6.07) is 1.62. The fourth-order valence-electron chi connectivity index (χ4n) is 2.91. The van der Waals surface area contributed by atoms with Crippen molar-refractivity contribution in [3.05, 3.63) is 23.0 Å². The van der Waals surface area contributed by atoms with Crippen LogP contribution in [-0.2, 0) is 11.8 Å². The summed E-state index contributed by atoms with van der Waals surface area (Å²) >= 11 is 5.89. The maximum atomic E-state index is 12.4.